The molecule has 11 heteroatoms. The van der Waals surface area contributed by atoms with Crippen LogP contribution in [0.1, 0.15) is 27.0 Å². The average molecular weight is 584 g/mol. The van der Waals surface area contributed by atoms with Gasteiger partial charge in [0, 0.05) is 34.1 Å². The van der Waals surface area contributed by atoms with Gasteiger partial charge in [-0.3, -0.25) is 14.6 Å². The molecule has 5 rings (SSSR count). The van der Waals surface area contributed by atoms with Gasteiger partial charge < -0.3 is 15.4 Å². The van der Waals surface area contributed by atoms with Crippen LogP contribution in [0.25, 0.3) is 0 Å². The Morgan fingerprint density at radius 1 is 1.03 bits per heavy atom. The summed E-state index contributed by atoms with van der Waals surface area (Å²) in [7, 11) is 0. The van der Waals surface area contributed by atoms with Crippen LogP contribution in [0.3, 0.4) is 0 Å². The van der Waals surface area contributed by atoms with Gasteiger partial charge in [-0.05, 0) is 42.5 Å². The number of nitrogens with zero attached hydrogens (tertiary/aromatic N) is 2. The van der Waals surface area contributed by atoms with Gasteiger partial charge in [-0.1, -0.05) is 59.1 Å². The van der Waals surface area contributed by atoms with E-state index in [2.05, 4.69) is 20.6 Å². The largest absolute Gasteiger partial charge is 0.488 e. The van der Waals surface area contributed by atoms with Crippen LogP contribution in [0.4, 0.5) is 10.1 Å². The van der Waals surface area contributed by atoms with Crippen molar-refractivity contribution in [3.8, 4) is 5.75 Å². The number of anilines is 1. The third-order valence-corrected chi connectivity index (χ3v) is 6.58. The fourth-order valence-electron chi connectivity index (χ4n) is 3.97. The van der Waals surface area contributed by atoms with E-state index in [1.165, 1.54) is 24.3 Å². The molecule has 2 amide bonds. The summed E-state index contributed by atoms with van der Waals surface area (Å²) < 4.78 is 20.0. The number of benzodiazepines with no additional fused rings is 1. The molecule has 2 heterocycles. The highest BCUT2D eigenvalue weighted by Gasteiger charge is 2.30. The van der Waals surface area contributed by atoms with E-state index < -0.39 is 23.8 Å². The highest BCUT2D eigenvalue weighted by Crippen LogP contribution is 2.34. The van der Waals surface area contributed by atoms with Crippen molar-refractivity contribution < 1.29 is 18.7 Å². The highest BCUT2D eigenvalue weighted by molar-refractivity contribution is 6.44. The smallest absolute Gasteiger partial charge is 0.269 e. The lowest BCUT2D eigenvalue weighted by Gasteiger charge is -2.16. The van der Waals surface area contributed by atoms with E-state index in [1.807, 2.05) is 0 Å². The molecule has 2 N–H and O–H groups in total. The maximum atomic E-state index is 14.2. The zero-order valence-electron chi connectivity index (χ0n) is 19.9. The molecule has 1 aliphatic heterocycles. The second-order valence-electron chi connectivity index (χ2n) is 8.42. The molecule has 196 valence electrons. The van der Waals surface area contributed by atoms with E-state index in [1.54, 1.807) is 48.8 Å². The lowest BCUT2D eigenvalue weighted by molar-refractivity contribution is -0.117. The molecule has 7 nitrogen and oxygen atoms in total. The monoisotopic (exact) mass is 582 g/mol. The number of para-hydroxylation sites is 1. The number of aliphatic imine (C=N–C) groups is 1. The number of halogens is 4. The normalized spacial score (nSPS) is 14.5. The third kappa shape index (κ3) is 5.88. The van der Waals surface area contributed by atoms with Gasteiger partial charge in [0.15, 0.2) is 0 Å². The molecule has 1 aliphatic rings. The molecule has 39 heavy (non-hydrogen) atoms. The Kier molecular flexibility index (Phi) is 7.79. The minimum atomic E-state index is -1.42. The standard InChI is InChI=1S/C28H18Cl3FN4O3/c29-16-10-20(30)24(21(31)11-16)25-18-5-1-2-6-22(18)34-28(38)26(35-25)36-27(37)19-12-17(32)7-8-23(19)39-14-15-4-3-9-33-13-15/h1-13,26H,14H2,(H,34,38)(H,36,37). The number of pyridine rings is 1. The Morgan fingerprint density at radius 2 is 1.79 bits per heavy atom. The molecule has 0 fully saturated rings. The highest BCUT2D eigenvalue weighted by atomic mass is 35.5. The topological polar surface area (TPSA) is 92.7 Å². The van der Waals surface area contributed by atoms with Crippen molar-refractivity contribution in [3.05, 3.63) is 122 Å². The van der Waals surface area contributed by atoms with Gasteiger partial charge >= 0.3 is 0 Å². The second kappa shape index (κ2) is 11.4. The van der Waals surface area contributed by atoms with Crippen LogP contribution in [0.15, 0.2) is 84.1 Å². The number of hydrogen-bond donors (Lipinski definition) is 2. The summed E-state index contributed by atoms with van der Waals surface area (Å²) in [4.78, 5) is 35.1. The molecule has 0 spiro atoms. The number of nitrogens with one attached hydrogen (secondary N) is 2. The lowest BCUT2D eigenvalue weighted by Crippen LogP contribution is -2.42. The predicted octanol–water partition coefficient (Wildman–Crippen LogP) is 6.31. The van der Waals surface area contributed by atoms with Crippen molar-refractivity contribution in [2.24, 2.45) is 4.99 Å². The van der Waals surface area contributed by atoms with Crippen LogP contribution >= 0.6 is 34.8 Å². The number of aromatic nitrogens is 1. The van der Waals surface area contributed by atoms with Gasteiger partial charge in [0.1, 0.15) is 18.2 Å². The van der Waals surface area contributed by atoms with Crippen molar-refractivity contribution >= 4 is 58.0 Å². The van der Waals surface area contributed by atoms with Crippen molar-refractivity contribution in [2.45, 2.75) is 12.8 Å². The van der Waals surface area contributed by atoms with Gasteiger partial charge in [0.25, 0.3) is 11.8 Å². The number of fused-ring (bicyclic) bond motifs is 1. The minimum absolute atomic E-state index is 0.0921. The molecule has 1 atom stereocenters. The Labute approximate surface area is 237 Å². The molecule has 0 aliphatic carbocycles. The molecule has 3 aromatic carbocycles. The van der Waals surface area contributed by atoms with Gasteiger partial charge in [-0.15, -0.1) is 0 Å². The summed E-state index contributed by atoms with van der Waals surface area (Å²) in [5.41, 5.74) is 2.18. The van der Waals surface area contributed by atoms with Crippen molar-refractivity contribution in [1.29, 1.82) is 0 Å². The predicted molar refractivity (Wildman–Crippen MR) is 148 cm³/mol. The zero-order valence-corrected chi connectivity index (χ0v) is 22.2. The molecular formula is C28H18Cl3FN4O3. The van der Waals surface area contributed by atoms with Gasteiger partial charge in [-0.2, -0.15) is 0 Å². The lowest BCUT2D eigenvalue weighted by atomic mass is 10.0. The molecule has 0 saturated heterocycles. The number of rotatable bonds is 6. The van der Waals surface area contributed by atoms with Crippen molar-refractivity contribution in [1.82, 2.24) is 10.3 Å². The van der Waals surface area contributed by atoms with Crippen LogP contribution < -0.4 is 15.4 Å². The molecule has 0 saturated carbocycles. The van der Waals surface area contributed by atoms with E-state index in [9.17, 15) is 14.0 Å². The van der Waals surface area contributed by atoms with Gasteiger partial charge in [-0.25, -0.2) is 9.38 Å². The molecule has 1 unspecified atom stereocenters. The van der Waals surface area contributed by atoms with Gasteiger partial charge in [0.05, 0.1) is 27.0 Å². The van der Waals surface area contributed by atoms with E-state index >= 15 is 0 Å². The summed E-state index contributed by atoms with van der Waals surface area (Å²) in [5.74, 6) is -1.95. The molecule has 1 aromatic heterocycles. The summed E-state index contributed by atoms with van der Waals surface area (Å²) in [6.45, 7) is 0.0921. The second-order valence-corrected chi connectivity index (χ2v) is 9.67. The first kappa shape index (κ1) is 26.6. The quantitative estimate of drug-likeness (QED) is 0.278. The number of hydrogen-bond acceptors (Lipinski definition) is 5. The van der Waals surface area contributed by atoms with E-state index in [0.717, 1.165) is 11.6 Å². The summed E-state index contributed by atoms with van der Waals surface area (Å²) in [5, 5.41) is 6.06. The fourth-order valence-corrected chi connectivity index (χ4v) is 4.97. The molecule has 0 radical (unpaired) electrons. The summed E-state index contributed by atoms with van der Waals surface area (Å²) in [6, 6.07) is 17.0. The number of carbonyl (C=O) groups excluding carboxylic acids is 2. The van der Waals surface area contributed by atoms with Crippen molar-refractivity contribution in [2.75, 3.05) is 5.32 Å². The zero-order chi connectivity index (χ0) is 27.5. The summed E-state index contributed by atoms with van der Waals surface area (Å²) >= 11 is 19.1. The SMILES string of the molecule is O=C(NC1N=C(c2c(Cl)cc(Cl)cc2Cl)c2ccccc2NC1=O)c1cc(F)ccc1OCc1cccnc1. The average Bonchev–Trinajstić information content (AvgIpc) is 3.04. The number of amides is 2. The first-order valence-electron chi connectivity index (χ1n) is 11.6. The Morgan fingerprint density at radius 3 is 2.54 bits per heavy atom. The van der Waals surface area contributed by atoms with Gasteiger partial charge in [0.2, 0.25) is 6.17 Å². The minimum Gasteiger partial charge on any atom is -0.488 e. The fraction of sp³-hybridized carbons (Fsp3) is 0.0714. The Balaban J connectivity index is 1.51. The maximum absolute atomic E-state index is 14.2. The van der Waals surface area contributed by atoms with Crippen LogP contribution in [0.5, 0.6) is 5.75 Å². The molecular weight excluding hydrogens is 566 g/mol. The van der Waals surface area contributed by atoms with E-state index in [4.69, 9.17) is 39.5 Å². The Bertz CT molecular complexity index is 1590. The van der Waals surface area contributed by atoms with Crippen LogP contribution in [-0.4, -0.2) is 28.7 Å². The first-order valence-corrected chi connectivity index (χ1v) is 12.7. The number of benzene rings is 3. The molecule has 0 bridgehead atoms. The number of ether oxygens (including phenoxy) is 1. The summed E-state index contributed by atoms with van der Waals surface area (Å²) in [6.07, 6.45) is 1.81. The Hall–Kier alpha value is -3.98. The molecule has 4 aromatic rings. The number of carbonyl (C=O) groups is 2. The third-order valence-electron chi connectivity index (χ3n) is 5.76. The van der Waals surface area contributed by atoms with Crippen LogP contribution in [0, 0.1) is 5.82 Å². The van der Waals surface area contributed by atoms with Crippen molar-refractivity contribution in [3.63, 3.8) is 0 Å². The first-order chi connectivity index (χ1) is 18.8. The van der Waals surface area contributed by atoms with Crippen LogP contribution in [-0.2, 0) is 11.4 Å². The maximum Gasteiger partial charge on any atom is 0.269 e. The van der Waals surface area contributed by atoms with Crippen LogP contribution in [0.2, 0.25) is 15.1 Å². The van der Waals surface area contributed by atoms with E-state index in [-0.39, 0.29) is 33.7 Å². The van der Waals surface area contributed by atoms with E-state index in [0.29, 0.717) is 21.8 Å².